The van der Waals surface area contributed by atoms with E-state index in [1.807, 2.05) is 0 Å². The molecule has 0 radical (unpaired) electrons. The summed E-state index contributed by atoms with van der Waals surface area (Å²) in [4.78, 5) is 9.00. The van der Waals surface area contributed by atoms with Crippen molar-refractivity contribution in [2.24, 2.45) is 0 Å². The number of carboxylic acid groups (broad SMARTS) is 1. The van der Waals surface area contributed by atoms with Crippen LogP contribution in [0.25, 0.3) is 0 Å². The number of carboxylic acids is 1. The second-order valence-electron chi connectivity index (χ2n) is 4.31. The van der Waals surface area contributed by atoms with Crippen LogP contribution < -0.4 is 0 Å². The first-order valence-electron chi connectivity index (χ1n) is 6.99. The fourth-order valence-electron chi connectivity index (χ4n) is 0.747. The van der Waals surface area contributed by atoms with Gasteiger partial charge in [-0.3, -0.25) is 4.79 Å². The lowest BCUT2D eigenvalue weighted by Gasteiger charge is -2.10. The summed E-state index contributed by atoms with van der Waals surface area (Å²) in [6, 6.07) is 0. The Hall–Kier alpha value is -0.690. The van der Waals surface area contributed by atoms with Crippen LogP contribution in [-0.4, -0.2) is 59.9 Å². The van der Waals surface area contributed by atoms with Crippen LogP contribution in [0.2, 0.25) is 0 Å². The molecule has 124 valence electrons. The first kappa shape index (κ1) is 24.3. The summed E-state index contributed by atoms with van der Waals surface area (Å²) in [5, 5.41) is 24.5. The molecule has 0 spiro atoms. The molecule has 2 atom stereocenters. The van der Waals surface area contributed by atoms with Gasteiger partial charge in [-0.05, 0) is 26.7 Å². The molecular formula is C14H32O6. The maximum atomic E-state index is 9.00. The fraction of sp³-hybridized carbons (Fsp3) is 0.929. The van der Waals surface area contributed by atoms with Crippen molar-refractivity contribution >= 4 is 5.97 Å². The minimum atomic E-state index is -0.833. The summed E-state index contributed by atoms with van der Waals surface area (Å²) in [5.41, 5.74) is 0. The Bertz CT molecular complexity index is 177. The average Bonchev–Trinajstić information content (AvgIpc) is 2.36. The molecule has 2 unspecified atom stereocenters. The zero-order valence-electron chi connectivity index (χ0n) is 13.5. The molecule has 0 aliphatic carbocycles. The molecule has 0 bridgehead atoms. The molecule has 0 heterocycles. The first-order chi connectivity index (χ1) is 9.31. The largest absolute Gasteiger partial charge is 0.481 e. The number of hydrogen-bond donors (Lipinski definition) is 3. The Kier molecular flexibility index (Phi) is 25.1. The van der Waals surface area contributed by atoms with Crippen molar-refractivity contribution in [3.63, 3.8) is 0 Å². The Labute approximate surface area is 122 Å². The van der Waals surface area contributed by atoms with Crippen molar-refractivity contribution in [1.29, 1.82) is 0 Å². The van der Waals surface area contributed by atoms with Gasteiger partial charge < -0.3 is 24.8 Å². The predicted molar refractivity (Wildman–Crippen MR) is 78.9 cm³/mol. The molecule has 20 heavy (non-hydrogen) atoms. The van der Waals surface area contributed by atoms with Crippen LogP contribution in [0.1, 0.15) is 47.5 Å². The van der Waals surface area contributed by atoms with Crippen LogP contribution in [0.15, 0.2) is 0 Å². The number of ether oxygens (including phenoxy) is 2. The molecule has 0 fully saturated rings. The van der Waals surface area contributed by atoms with Gasteiger partial charge in [0.05, 0.1) is 25.4 Å². The van der Waals surface area contributed by atoms with E-state index in [2.05, 4.69) is 13.8 Å². The van der Waals surface area contributed by atoms with Crippen LogP contribution in [0.4, 0.5) is 0 Å². The van der Waals surface area contributed by atoms with Gasteiger partial charge in [-0.25, -0.2) is 0 Å². The van der Waals surface area contributed by atoms with Crippen molar-refractivity contribution in [2.75, 3.05) is 26.4 Å². The molecule has 0 aliphatic rings. The van der Waals surface area contributed by atoms with Gasteiger partial charge >= 0.3 is 0 Å². The lowest BCUT2D eigenvalue weighted by atomic mass is 10.4. The second-order valence-corrected chi connectivity index (χ2v) is 4.31. The van der Waals surface area contributed by atoms with E-state index >= 15 is 0 Å². The minimum absolute atomic E-state index is 0.00667. The number of rotatable bonds is 8. The zero-order valence-corrected chi connectivity index (χ0v) is 13.5. The number of aliphatic hydroxyl groups is 2. The Balaban J connectivity index is -0.000000234. The van der Waals surface area contributed by atoms with Crippen molar-refractivity contribution in [3.05, 3.63) is 0 Å². The molecule has 6 nitrogen and oxygen atoms in total. The smallest absolute Gasteiger partial charge is 0.300 e. The van der Waals surface area contributed by atoms with Crippen molar-refractivity contribution in [1.82, 2.24) is 0 Å². The van der Waals surface area contributed by atoms with E-state index in [-0.39, 0.29) is 12.7 Å². The third kappa shape index (κ3) is 43.3. The summed E-state index contributed by atoms with van der Waals surface area (Å²) in [5.74, 6) is -0.833. The quantitative estimate of drug-likeness (QED) is 0.590. The lowest BCUT2D eigenvalue weighted by Crippen LogP contribution is -2.19. The molecular weight excluding hydrogens is 264 g/mol. The molecule has 0 aromatic heterocycles. The van der Waals surface area contributed by atoms with E-state index in [0.29, 0.717) is 6.61 Å². The summed E-state index contributed by atoms with van der Waals surface area (Å²) < 4.78 is 10.1. The lowest BCUT2D eigenvalue weighted by molar-refractivity contribution is -0.134. The van der Waals surface area contributed by atoms with E-state index in [9.17, 15) is 0 Å². The maximum absolute atomic E-state index is 9.00. The Morgan fingerprint density at radius 2 is 1.55 bits per heavy atom. The van der Waals surface area contributed by atoms with Crippen molar-refractivity contribution in [3.8, 4) is 0 Å². The summed E-state index contributed by atoms with van der Waals surface area (Å²) in [6.45, 7) is 10.9. The normalized spacial score (nSPS) is 12.3. The van der Waals surface area contributed by atoms with Gasteiger partial charge in [-0.2, -0.15) is 0 Å². The standard InChI is InChI=1S/C6H14O3.C6H14O.C2H4O2/c1-5(8)4-9-6(2)3-7;1-3-5-7-6-4-2;1-2(3)4/h5-8H,3-4H2,1-2H3;3-6H2,1-2H3;1H3,(H,3,4). The summed E-state index contributed by atoms with van der Waals surface area (Å²) >= 11 is 0. The van der Waals surface area contributed by atoms with Gasteiger partial charge in [0.15, 0.2) is 0 Å². The number of hydrogen-bond acceptors (Lipinski definition) is 5. The average molecular weight is 296 g/mol. The molecule has 0 saturated heterocycles. The van der Waals surface area contributed by atoms with Crippen LogP contribution >= 0.6 is 0 Å². The van der Waals surface area contributed by atoms with Crippen molar-refractivity contribution < 1.29 is 29.6 Å². The number of carbonyl (C=O) groups is 1. The highest BCUT2D eigenvalue weighted by Crippen LogP contribution is 1.90. The third-order valence-corrected chi connectivity index (χ3v) is 1.58. The van der Waals surface area contributed by atoms with Crippen LogP contribution in [-0.2, 0) is 14.3 Å². The summed E-state index contributed by atoms with van der Waals surface area (Å²) in [7, 11) is 0. The molecule has 0 aliphatic heterocycles. The Morgan fingerprint density at radius 3 is 1.80 bits per heavy atom. The SMILES string of the molecule is CC(=O)O.CC(O)COC(C)CO.CCCOCCC. The third-order valence-electron chi connectivity index (χ3n) is 1.58. The van der Waals surface area contributed by atoms with Gasteiger partial charge in [0.25, 0.3) is 5.97 Å². The highest BCUT2D eigenvalue weighted by atomic mass is 16.5. The zero-order chi connectivity index (χ0) is 16.4. The van der Waals surface area contributed by atoms with Gasteiger partial charge in [0.2, 0.25) is 0 Å². The van der Waals surface area contributed by atoms with Gasteiger partial charge in [0.1, 0.15) is 0 Å². The molecule has 0 amide bonds. The Morgan fingerprint density at radius 1 is 1.15 bits per heavy atom. The topological polar surface area (TPSA) is 96.2 Å². The molecule has 0 aromatic carbocycles. The van der Waals surface area contributed by atoms with Crippen LogP contribution in [0.3, 0.4) is 0 Å². The van der Waals surface area contributed by atoms with Gasteiger partial charge in [-0.1, -0.05) is 13.8 Å². The molecule has 0 aromatic rings. The first-order valence-corrected chi connectivity index (χ1v) is 6.99. The van der Waals surface area contributed by atoms with Crippen LogP contribution in [0, 0.1) is 0 Å². The number of aliphatic carboxylic acids is 1. The summed E-state index contributed by atoms with van der Waals surface area (Å²) in [6.07, 6.45) is 1.67. The van der Waals surface area contributed by atoms with E-state index in [4.69, 9.17) is 29.6 Å². The molecule has 3 N–H and O–H groups in total. The fourth-order valence-corrected chi connectivity index (χ4v) is 0.747. The van der Waals surface area contributed by atoms with Gasteiger partial charge in [-0.15, -0.1) is 0 Å². The van der Waals surface area contributed by atoms with E-state index in [1.165, 1.54) is 0 Å². The predicted octanol–water partition coefficient (Wildman–Crippen LogP) is 1.68. The van der Waals surface area contributed by atoms with Crippen molar-refractivity contribution in [2.45, 2.75) is 59.7 Å². The van der Waals surface area contributed by atoms with E-state index < -0.39 is 12.1 Å². The minimum Gasteiger partial charge on any atom is -0.481 e. The monoisotopic (exact) mass is 296 g/mol. The number of aliphatic hydroxyl groups excluding tert-OH is 2. The molecule has 0 rings (SSSR count). The van der Waals surface area contributed by atoms with E-state index in [0.717, 1.165) is 33.0 Å². The van der Waals surface area contributed by atoms with Gasteiger partial charge in [0, 0.05) is 20.1 Å². The second kappa shape index (κ2) is 20.6. The highest BCUT2D eigenvalue weighted by molar-refractivity contribution is 5.62. The van der Waals surface area contributed by atoms with E-state index in [1.54, 1.807) is 13.8 Å². The highest BCUT2D eigenvalue weighted by Gasteiger charge is 2.00. The van der Waals surface area contributed by atoms with Crippen LogP contribution in [0.5, 0.6) is 0 Å². The molecule has 0 saturated carbocycles. The molecule has 6 heteroatoms. The maximum Gasteiger partial charge on any atom is 0.300 e.